The van der Waals surface area contributed by atoms with E-state index < -0.39 is 23.5 Å². The van der Waals surface area contributed by atoms with Gasteiger partial charge in [-0.2, -0.15) is 13.2 Å². The van der Waals surface area contributed by atoms with E-state index in [1.54, 1.807) is 0 Å². The van der Waals surface area contributed by atoms with E-state index in [1.165, 1.54) is 12.1 Å². The zero-order valence-corrected chi connectivity index (χ0v) is 9.89. The molecule has 0 unspecified atom stereocenters. The molecule has 0 aliphatic heterocycles. The second kappa shape index (κ2) is 5.20. The molecular formula is C13H8F3NO3. The summed E-state index contributed by atoms with van der Waals surface area (Å²) in [6.07, 6.45) is -2.35. The number of pyridine rings is 1. The van der Waals surface area contributed by atoms with Gasteiger partial charge >= 0.3 is 12.1 Å². The van der Waals surface area contributed by atoms with E-state index >= 15 is 0 Å². The largest absolute Gasteiger partial charge is 0.478 e. The van der Waals surface area contributed by atoms with E-state index in [1.807, 2.05) is 0 Å². The van der Waals surface area contributed by atoms with Crippen molar-refractivity contribution >= 4 is 5.97 Å². The zero-order valence-electron chi connectivity index (χ0n) is 9.89. The molecule has 0 atom stereocenters. The third kappa shape index (κ3) is 3.05. The van der Waals surface area contributed by atoms with Crippen molar-refractivity contribution < 1.29 is 27.8 Å². The number of carbonyl (C=O) groups is 1. The Bertz CT molecular complexity index is 641. The fourth-order valence-corrected chi connectivity index (χ4v) is 1.51. The smallest absolute Gasteiger partial charge is 0.419 e. The predicted octanol–water partition coefficient (Wildman–Crippen LogP) is 3.59. The van der Waals surface area contributed by atoms with E-state index in [9.17, 15) is 18.0 Å². The summed E-state index contributed by atoms with van der Waals surface area (Å²) in [5.41, 5.74) is -1.12. The van der Waals surface area contributed by atoms with E-state index in [-0.39, 0.29) is 11.3 Å². The lowest BCUT2D eigenvalue weighted by Gasteiger charge is -2.13. The van der Waals surface area contributed by atoms with Crippen LogP contribution >= 0.6 is 0 Å². The molecule has 0 saturated heterocycles. The maximum absolute atomic E-state index is 12.8. The molecule has 1 N–H and O–H groups in total. The molecule has 0 aliphatic carbocycles. The summed E-state index contributed by atoms with van der Waals surface area (Å²) < 4.78 is 43.4. The van der Waals surface area contributed by atoms with E-state index in [4.69, 9.17) is 9.84 Å². The number of carboxylic acid groups (broad SMARTS) is 1. The third-order valence-corrected chi connectivity index (χ3v) is 2.38. The summed E-state index contributed by atoms with van der Waals surface area (Å²) in [6.45, 7) is 0. The minimum absolute atomic E-state index is 0.0819. The summed E-state index contributed by atoms with van der Waals surface area (Å²) in [5.74, 6) is -1.74. The topological polar surface area (TPSA) is 59.4 Å². The molecule has 0 aliphatic rings. The number of nitrogens with zero attached hydrogens (tertiary/aromatic N) is 1. The van der Waals surface area contributed by atoms with Gasteiger partial charge in [0.2, 0.25) is 0 Å². The summed E-state index contributed by atoms with van der Waals surface area (Å²) >= 11 is 0. The van der Waals surface area contributed by atoms with Crippen LogP contribution in [0.25, 0.3) is 0 Å². The second-order valence-electron chi connectivity index (χ2n) is 3.81. The van der Waals surface area contributed by atoms with Crippen molar-refractivity contribution in [2.24, 2.45) is 0 Å². The van der Waals surface area contributed by atoms with Crippen molar-refractivity contribution in [1.82, 2.24) is 4.98 Å². The minimum atomic E-state index is -4.56. The van der Waals surface area contributed by atoms with Crippen LogP contribution in [0.2, 0.25) is 0 Å². The van der Waals surface area contributed by atoms with Crippen molar-refractivity contribution in [1.29, 1.82) is 0 Å². The molecular weight excluding hydrogens is 275 g/mol. The monoisotopic (exact) mass is 283 g/mol. The summed E-state index contributed by atoms with van der Waals surface area (Å²) in [5, 5.41) is 8.78. The average molecular weight is 283 g/mol. The maximum atomic E-state index is 12.8. The molecule has 0 amide bonds. The lowest BCUT2D eigenvalue weighted by Crippen LogP contribution is -2.07. The Hall–Kier alpha value is -2.57. The Balaban J connectivity index is 2.36. The molecule has 20 heavy (non-hydrogen) atoms. The molecule has 7 heteroatoms. The van der Waals surface area contributed by atoms with Gasteiger partial charge in [-0.3, -0.25) is 4.98 Å². The van der Waals surface area contributed by atoms with Gasteiger partial charge in [0.1, 0.15) is 11.5 Å². The molecule has 0 spiro atoms. The van der Waals surface area contributed by atoms with Gasteiger partial charge < -0.3 is 9.84 Å². The molecule has 1 aromatic heterocycles. The number of aromatic nitrogens is 1. The first-order chi connectivity index (χ1) is 9.38. The Morgan fingerprint density at radius 1 is 1.20 bits per heavy atom. The maximum Gasteiger partial charge on any atom is 0.419 e. The van der Waals surface area contributed by atoms with Crippen LogP contribution in [0.5, 0.6) is 11.5 Å². The Kier molecular flexibility index (Phi) is 3.60. The van der Waals surface area contributed by atoms with Crippen LogP contribution in [0.3, 0.4) is 0 Å². The molecule has 0 saturated carbocycles. The number of aromatic carboxylic acids is 1. The highest BCUT2D eigenvalue weighted by atomic mass is 19.4. The van der Waals surface area contributed by atoms with Gasteiger partial charge in [-0.15, -0.1) is 0 Å². The molecule has 104 valence electrons. The van der Waals surface area contributed by atoms with Crippen LogP contribution in [0, 0.1) is 0 Å². The zero-order chi connectivity index (χ0) is 14.8. The molecule has 1 heterocycles. The van der Waals surface area contributed by atoms with Gasteiger partial charge in [-0.1, -0.05) is 12.1 Å². The van der Waals surface area contributed by atoms with Crippen LogP contribution in [0.4, 0.5) is 13.2 Å². The number of para-hydroxylation sites is 1. The minimum Gasteiger partial charge on any atom is -0.478 e. The van der Waals surface area contributed by atoms with Gasteiger partial charge in [-0.25, -0.2) is 4.79 Å². The molecule has 0 radical (unpaired) electrons. The molecule has 1 aromatic carbocycles. The number of hydrogen-bond acceptors (Lipinski definition) is 3. The van der Waals surface area contributed by atoms with Crippen LogP contribution in [-0.4, -0.2) is 16.1 Å². The van der Waals surface area contributed by atoms with E-state index in [2.05, 4.69) is 4.98 Å². The Labute approximate surface area is 111 Å². The lowest BCUT2D eigenvalue weighted by molar-refractivity contribution is -0.138. The first-order valence-corrected chi connectivity index (χ1v) is 5.40. The van der Waals surface area contributed by atoms with Crippen LogP contribution in [0.15, 0.2) is 42.7 Å². The number of halogens is 3. The van der Waals surface area contributed by atoms with Crippen molar-refractivity contribution in [3.05, 3.63) is 53.9 Å². The fourth-order valence-electron chi connectivity index (χ4n) is 1.51. The van der Waals surface area contributed by atoms with Gasteiger partial charge in [0.05, 0.1) is 17.3 Å². The Morgan fingerprint density at radius 3 is 2.55 bits per heavy atom. The number of rotatable bonds is 3. The van der Waals surface area contributed by atoms with Crippen molar-refractivity contribution in [2.75, 3.05) is 0 Å². The summed E-state index contributed by atoms with van der Waals surface area (Å²) in [4.78, 5) is 14.4. The van der Waals surface area contributed by atoms with Gasteiger partial charge in [0.25, 0.3) is 0 Å². The highest BCUT2D eigenvalue weighted by Gasteiger charge is 2.34. The quantitative estimate of drug-likeness (QED) is 0.935. The third-order valence-electron chi connectivity index (χ3n) is 2.38. The van der Waals surface area contributed by atoms with Gasteiger partial charge in [0, 0.05) is 6.20 Å². The van der Waals surface area contributed by atoms with Crippen molar-refractivity contribution in [3.63, 3.8) is 0 Å². The molecule has 2 aromatic rings. The van der Waals surface area contributed by atoms with Gasteiger partial charge in [0.15, 0.2) is 0 Å². The van der Waals surface area contributed by atoms with Crippen LogP contribution in [-0.2, 0) is 6.18 Å². The lowest BCUT2D eigenvalue weighted by atomic mass is 10.2. The van der Waals surface area contributed by atoms with Crippen LogP contribution in [0.1, 0.15) is 15.9 Å². The number of alkyl halides is 3. The van der Waals surface area contributed by atoms with Crippen molar-refractivity contribution in [2.45, 2.75) is 6.18 Å². The molecule has 0 bridgehead atoms. The average Bonchev–Trinajstić information content (AvgIpc) is 2.38. The van der Waals surface area contributed by atoms with E-state index in [0.717, 1.165) is 30.6 Å². The molecule has 4 nitrogen and oxygen atoms in total. The standard InChI is InChI=1S/C13H8F3NO3/c14-13(15,16)10-3-1-2-4-11(10)20-9-5-8(12(18)19)6-17-7-9/h1-7H,(H,18,19). The summed E-state index contributed by atoms with van der Waals surface area (Å²) in [7, 11) is 0. The first kappa shape index (κ1) is 13.9. The summed E-state index contributed by atoms with van der Waals surface area (Å²) in [6, 6.07) is 5.75. The number of ether oxygens (including phenoxy) is 1. The molecule has 2 rings (SSSR count). The number of benzene rings is 1. The molecule has 0 fully saturated rings. The first-order valence-electron chi connectivity index (χ1n) is 5.40. The Morgan fingerprint density at radius 2 is 1.90 bits per heavy atom. The SMILES string of the molecule is O=C(O)c1cncc(Oc2ccccc2C(F)(F)F)c1. The van der Waals surface area contributed by atoms with E-state index in [0.29, 0.717) is 0 Å². The fraction of sp³-hybridized carbons (Fsp3) is 0.0769. The highest BCUT2D eigenvalue weighted by Crippen LogP contribution is 2.37. The van der Waals surface area contributed by atoms with Crippen molar-refractivity contribution in [3.8, 4) is 11.5 Å². The highest BCUT2D eigenvalue weighted by molar-refractivity contribution is 5.87. The predicted molar refractivity (Wildman–Crippen MR) is 62.7 cm³/mol. The second-order valence-corrected chi connectivity index (χ2v) is 3.81. The number of carboxylic acids is 1. The van der Waals surface area contributed by atoms with Gasteiger partial charge in [-0.05, 0) is 18.2 Å². The number of hydrogen-bond donors (Lipinski definition) is 1. The van der Waals surface area contributed by atoms with Crippen LogP contribution < -0.4 is 4.74 Å². The normalized spacial score (nSPS) is 11.2.